The van der Waals surface area contributed by atoms with Crippen LogP contribution in [0.15, 0.2) is 23.1 Å². The number of aryl methyl sites for hydroxylation is 2. The number of sulfonamides is 1. The Labute approximate surface area is 108 Å². The van der Waals surface area contributed by atoms with E-state index in [0.717, 1.165) is 32.4 Å². The van der Waals surface area contributed by atoms with Gasteiger partial charge >= 0.3 is 0 Å². The van der Waals surface area contributed by atoms with E-state index in [4.69, 9.17) is 0 Å². The first-order valence-corrected chi connectivity index (χ1v) is 7.83. The fourth-order valence-electron chi connectivity index (χ4n) is 2.60. The summed E-state index contributed by atoms with van der Waals surface area (Å²) in [5.74, 6) is 0. The summed E-state index contributed by atoms with van der Waals surface area (Å²) >= 11 is 0. The minimum absolute atomic E-state index is 0.100. The van der Waals surface area contributed by atoms with Gasteiger partial charge in [0.1, 0.15) is 0 Å². The van der Waals surface area contributed by atoms with Crippen LogP contribution in [-0.4, -0.2) is 38.9 Å². The summed E-state index contributed by atoms with van der Waals surface area (Å²) < 4.78 is 26.4. The van der Waals surface area contributed by atoms with E-state index in [1.807, 2.05) is 12.1 Å². The third-order valence-corrected chi connectivity index (χ3v) is 5.93. The van der Waals surface area contributed by atoms with Gasteiger partial charge in [0.2, 0.25) is 10.0 Å². The highest BCUT2D eigenvalue weighted by molar-refractivity contribution is 7.89. The molecule has 1 saturated heterocycles. The third-order valence-electron chi connectivity index (χ3n) is 4.02. The van der Waals surface area contributed by atoms with Crippen molar-refractivity contribution in [2.24, 2.45) is 0 Å². The average molecular weight is 266 g/mol. The van der Waals surface area contributed by atoms with Crippen molar-refractivity contribution in [1.29, 1.82) is 0 Å². The van der Waals surface area contributed by atoms with Gasteiger partial charge in [-0.1, -0.05) is 6.07 Å². The molecular weight excluding hydrogens is 248 g/mol. The van der Waals surface area contributed by atoms with Gasteiger partial charge in [-0.2, -0.15) is 4.31 Å². The molecule has 1 fully saturated rings. The number of benzene rings is 1. The van der Waals surface area contributed by atoms with E-state index in [2.05, 4.69) is 5.32 Å². The van der Waals surface area contributed by atoms with Crippen LogP contribution in [0, 0.1) is 0 Å². The molecule has 98 valence electrons. The van der Waals surface area contributed by atoms with E-state index in [1.54, 1.807) is 13.1 Å². The molecule has 1 heterocycles. The number of hydrogen-bond acceptors (Lipinski definition) is 3. The molecule has 0 aromatic heterocycles. The Balaban J connectivity index is 1.93. The first kappa shape index (κ1) is 12.1. The monoisotopic (exact) mass is 266 g/mol. The van der Waals surface area contributed by atoms with Crippen molar-refractivity contribution in [2.75, 3.05) is 20.1 Å². The summed E-state index contributed by atoms with van der Waals surface area (Å²) in [7, 11) is -1.65. The molecule has 1 aromatic carbocycles. The molecule has 0 bridgehead atoms. The third kappa shape index (κ3) is 1.86. The smallest absolute Gasteiger partial charge is 0.243 e. The van der Waals surface area contributed by atoms with Crippen LogP contribution in [-0.2, 0) is 22.9 Å². The highest BCUT2D eigenvalue weighted by Gasteiger charge is 2.32. The van der Waals surface area contributed by atoms with E-state index in [0.29, 0.717) is 4.90 Å². The lowest BCUT2D eigenvalue weighted by Gasteiger charge is -2.34. The maximum Gasteiger partial charge on any atom is 0.243 e. The fraction of sp³-hybridized carbons (Fsp3) is 0.538. The Hall–Kier alpha value is -0.910. The summed E-state index contributed by atoms with van der Waals surface area (Å²) in [5.41, 5.74) is 2.51. The highest BCUT2D eigenvalue weighted by Crippen LogP contribution is 2.26. The molecule has 18 heavy (non-hydrogen) atoms. The molecule has 1 aliphatic heterocycles. The summed E-state index contributed by atoms with van der Waals surface area (Å²) in [6.45, 7) is 1.50. The SMILES string of the molecule is CN(C1CNC1)S(=O)(=O)c1ccc2c(c1)CCC2. The molecule has 5 heteroatoms. The van der Waals surface area contributed by atoms with Gasteiger partial charge in [0, 0.05) is 26.2 Å². The second-order valence-corrected chi connectivity index (χ2v) is 7.11. The maximum atomic E-state index is 12.5. The molecule has 0 saturated carbocycles. The van der Waals surface area contributed by atoms with E-state index in [9.17, 15) is 8.42 Å². The summed E-state index contributed by atoms with van der Waals surface area (Å²) in [4.78, 5) is 0.442. The molecule has 0 unspecified atom stereocenters. The Bertz CT molecular complexity index is 564. The highest BCUT2D eigenvalue weighted by atomic mass is 32.2. The van der Waals surface area contributed by atoms with E-state index >= 15 is 0 Å². The van der Waals surface area contributed by atoms with Crippen LogP contribution in [0.5, 0.6) is 0 Å². The van der Waals surface area contributed by atoms with E-state index < -0.39 is 10.0 Å². The Morgan fingerprint density at radius 3 is 2.61 bits per heavy atom. The molecule has 0 radical (unpaired) electrons. The minimum Gasteiger partial charge on any atom is -0.313 e. The minimum atomic E-state index is -3.33. The second kappa shape index (κ2) is 4.33. The lowest BCUT2D eigenvalue weighted by molar-refractivity contribution is 0.274. The summed E-state index contributed by atoms with van der Waals surface area (Å²) in [5, 5.41) is 3.10. The second-order valence-electron chi connectivity index (χ2n) is 5.12. The lowest BCUT2D eigenvalue weighted by Crippen LogP contribution is -2.57. The largest absolute Gasteiger partial charge is 0.313 e. The number of hydrogen-bond donors (Lipinski definition) is 1. The molecule has 2 aliphatic rings. The number of rotatable bonds is 3. The number of fused-ring (bicyclic) bond motifs is 1. The quantitative estimate of drug-likeness (QED) is 0.879. The van der Waals surface area contributed by atoms with Gasteiger partial charge in [-0.15, -0.1) is 0 Å². The number of nitrogens with zero attached hydrogens (tertiary/aromatic N) is 1. The molecule has 1 N–H and O–H groups in total. The van der Waals surface area contributed by atoms with Gasteiger partial charge in [-0.25, -0.2) is 8.42 Å². The first-order chi connectivity index (χ1) is 8.59. The maximum absolute atomic E-state index is 12.5. The molecule has 0 spiro atoms. The molecule has 3 rings (SSSR count). The summed E-state index contributed by atoms with van der Waals surface area (Å²) in [6.07, 6.45) is 3.23. The molecule has 1 aromatic rings. The zero-order chi connectivity index (χ0) is 12.8. The standard InChI is InChI=1S/C13H18N2O2S/c1-15(12-8-14-9-12)18(16,17)13-6-5-10-3-2-4-11(10)7-13/h5-7,12,14H,2-4,8-9H2,1H3. The van der Waals surface area contributed by atoms with Crippen LogP contribution in [0.4, 0.5) is 0 Å². The Kier molecular flexibility index (Phi) is 2.92. The van der Waals surface area contributed by atoms with Crippen molar-refractivity contribution < 1.29 is 8.42 Å². The fourth-order valence-corrected chi connectivity index (χ4v) is 4.01. The van der Waals surface area contributed by atoms with Crippen LogP contribution < -0.4 is 5.32 Å². The first-order valence-electron chi connectivity index (χ1n) is 6.39. The van der Waals surface area contributed by atoms with Gasteiger partial charge in [-0.3, -0.25) is 0 Å². The normalized spacial score (nSPS) is 19.9. The zero-order valence-electron chi connectivity index (χ0n) is 10.5. The van der Waals surface area contributed by atoms with Gasteiger partial charge < -0.3 is 5.32 Å². The van der Waals surface area contributed by atoms with Crippen molar-refractivity contribution in [3.63, 3.8) is 0 Å². The Morgan fingerprint density at radius 1 is 1.22 bits per heavy atom. The van der Waals surface area contributed by atoms with Crippen LogP contribution in [0.1, 0.15) is 17.5 Å². The van der Waals surface area contributed by atoms with E-state index in [1.165, 1.54) is 15.4 Å². The topological polar surface area (TPSA) is 49.4 Å². The van der Waals surface area contributed by atoms with Crippen molar-refractivity contribution >= 4 is 10.0 Å². The van der Waals surface area contributed by atoms with E-state index in [-0.39, 0.29) is 6.04 Å². The van der Waals surface area contributed by atoms with Crippen LogP contribution >= 0.6 is 0 Å². The van der Waals surface area contributed by atoms with Crippen molar-refractivity contribution in [2.45, 2.75) is 30.2 Å². The molecular formula is C13H18N2O2S. The van der Waals surface area contributed by atoms with Gasteiger partial charge in [0.15, 0.2) is 0 Å². The number of likely N-dealkylation sites (N-methyl/N-ethyl adjacent to an activating group) is 1. The van der Waals surface area contributed by atoms with Gasteiger partial charge in [-0.05, 0) is 42.5 Å². The van der Waals surface area contributed by atoms with Crippen LogP contribution in [0.2, 0.25) is 0 Å². The molecule has 0 amide bonds. The van der Waals surface area contributed by atoms with Gasteiger partial charge in [0.25, 0.3) is 0 Å². The van der Waals surface area contributed by atoms with Gasteiger partial charge in [0.05, 0.1) is 4.90 Å². The molecule has 4 nitrogen and oxygen atoms in total. The van der Waals surface area contributed by atoms with Crippen molar-refractivity contribution in [3.05, 3.63) is 29.3 Å². The lowest BCUT2D eigenvalue weighted by atomic mass is 10.1. The van der Waals surface area contributed by atoms with Crippen molar-refractivity contribution in [1.82, 2.24) is 9.62 Å². The average Bonchev–Trinajstić information content (AvgIpc) is 2.73. The number of nitrogens with one attached hydrogen (secondary N) is 1. The Morgan fingerprint density at radius 2 is 1.94 bits per heavy atom. The zero-order valence-corrected chi connectivity index (χ0v) is 11.3. The molecule has 1 aliphatic carbocycles. The molecule has 0 atom stereocenters. The van der Waals surface area contributed by atoms with Crippen molar-refractivity contribution in [3.8, 4) is 0 Å². The summed E-state index contributed by atoms with van der Waals surface area (Å²) in [6, 6.07) is 5.69. The van der Waals surface area contributed by atoms with Crippen LogP contribution in [0.3, 0.4) is 0 Å². The predicted octanol–water partition coefficient (Wildman–Crippen LogP) is 0.768. The predicted molar refractivity (Wildman–Crippen MR) is 70.1 cm³/mol. The van der Waals surface area contributed by atoms with Crippen LogP contribution in [0.25, 0.3) is 0 Å².